The number of nitro benzene ring substituents is 1. The molecule has 2 aromatic rings. The SMILES string of the molecule is C[C@H](OC(=O)c1cc([N+](=O)[O-])ccc1N)C(=O)c1ccc(Br)cc1. The zero-order valence-corrected chi connectivity index (χ0v) is 14.1. The second-order valence-electron chi connectivity index (χ2n) is 4.95. The Morgan fingerprint density at radius 2 is 1.83 bits per heavy atom. The van der Waals surface area contributed by atoms with Crippen molar-refractivity contribution in [2.45, 2.75) is 13.0 Å². The predicted octanol–water partition coefficient (Wildman–Crippen LogP) is 3.37. The van der Waals surface area contributed by atoms with Crippen LogP contribution in [0.25, 0.3) is 0 Å². The third-order valence-electron chi connectivity index (χ3n) is 3.25. The highest BCUT2D eigenvalue weighted by molar-refractivity contribution is 9.10. The van der Waals surface area contributed by atoms with Crippen molar-refractivity contribution in [2.24, 2.45) is 0 Å². The number of hydrogen-bond donors (Lipinski definition) is 1. The Kier molecular flexibility index (Phi) is 5.30. The zero-order chi connectivity index (χ0) is 17.9. The Morgan fingerprint density at radius 3 is 2.42 bits per heavy atom. The lowest BCUT2D eigenvalue weighted by Crippen LogP contribution is -2.25. The summed E-state index contributed by atoms with van der Waals surface area (Å²) in [6.07, 6.45) is -1.06. The summed E-state index contributed by atoms with van der Waals surface area (Å²) >= 11 is 3.26. The summed E-state index contributed by atoms with van der Waals surface area (Å²) in [6, 6.07) is 10.0. The van der Waals surface area contributed by atoms with Gasteiger partial charge in [-0.2, -0.15) is 0 Å². The van der Waals surface area contributed by atoms with E-state index in [1.165, 1.54) is 19.1 Å². The monoisotopic (exact) mass is 392 g/mol. The second-order valence-corrected chi connectivity index (χ2v) is 5.86. The van der Waals surface area contributed by atoms with Crippen molar-refractivity contribution in [1.29, 1.82) is 0 Å². The van der Waals surface area contributed by atoms with E-state index in [-0.39, 0.29) is 22.7 Å². The minimum absolute atomic E-state index is 0.0360. The summed E-state index contributed by atoms with van der Waals surface area (Å²) in [5.41, 5.74) is 5.63. The van der Waals surface area contributed by atoms with Gasteiger partial charge in [-0.05, 0) is 25.1 Å². The lowest BCUT2D eigenvalue weighted by Gasteiger charge is -2.13. The molecule has 2 aromatic carbocycles. The highest BCUT2D eigenvalue weighted by Crippen LogP contribution is 2.21. The molecule has 2 rings (SSSR count). The van der Waals surface area contributed by atoms with Crippen molar-refractivity contribution in [3.8, 4) is 0 Å². The van der Waals surface area contributed by atoms with Crippen LogP contribution in [0.1, 0.15) is 27.6 Å². The number of non-ortho nitro benzene ring substituents is 1. The number of ketones is 1. The average Bonchev–Trinajstić information content (AvgIpc) is 2.54. The number of halogens is 1. The maximum atomic E-state index is 12.3. The summed E-state index contributed by atoms with van der Waals surface area (Å²) in [5.74, 6) is -1.28. The molecule has 124 valence electrons. The van der Waals surface area contributed by atoms with E-state index in [1.807, 2.05) is 0 Å². The number of anilines is 1. The van der Waals surface area contributed by atoms with Gasteiger partial charge in [-0.3, -0.25) is 14.9 Å². The standard InChI is InChI=1S/C16H13BrN2O5/c1-9(15(20)10-2-4-11(17)5-3-10)24-16(21)13-8-12(19(22)23)6-7-14(13)18/h2-9H,18H2,1H3/t9-/m0/s1. The Labute approximate surface area is 145 Å². The number of carbonyl (C=O) groups is 2. The fourth-order valence-corrected chi connectivity index (χ4v) is 2.23. The van der Waals surface area contributed by atoms with Gasteiger partial charge in [0.15, 0.2) is 6.10 Å². The van der Waals surface area contributed by atoms with Gasteiger partial charge in [-0.25, -0.2) is 4.79 Å². The number of hydrogen-bond acceptors (Lipinski definition) is 6. The van der Waals surface area contributed by atoms with E-state index in [2.05, 4.69) is 15.9 Å². The number of nitro groups is 1. The molecule has 0 fully saturated rings. The summed E-state index contributed by atoms with van der Waals surface area (Å²) in [4.78, 5) is 34.5. The van der Waals surface area contributed by atoms with Crippen molar-refractivity contribution in [3.05, 3.63) is 68.2 Å². The molecule has 0 bridgehead atoms. The van der Waals surface area contributed by atoms with Crippen LogP contribution in [0.15, 0.2) is 46.9 Å². The smallest absolute Gasteiger partial charge is 0.341 e. The summed E-state index contributed by atoms with van der Waals surface area (Å²) < 4.78 is 5.91. The average molecular weight is 393 g/mol. The van der Waals surface area contributed by atoms with E-state index in [1.54, 1.807) is 24.3 Å². The maximum Gasteiger partial charge on any atom is 0.341 e. The first kappa shape index (κ1) is 17.6. The Morgan fingerprint density at radius 1 is 1.21 bits per heavy atom. The number of Topliss-reactive ketones (excluding diaryl/α,β-unsaturated/α-hetero) is 1. The third kappa shape index (κ3) is 3.96. The molecule has 0 heterocycles. The van der Waals surface area contributed by atoms with Crippen LogP contribution in [0.5, 0.6) is 0 Å². The number of nitrogen functional groups attached to an aromatic ring is 1. The summed E-state index contributed by atoms with van der Waals surface area (Å²) in [6.45, 7) is 1.43. The van der Waals surface area contributed by atoms with E-state index < -0.39 is 17.0 Å². The fourth-order valence-electron chi connectivity index (χ4n) is 1.96. The quantitative estimate of drug-likeness (QED) is 0.274. The second kappa shape index (κ2) is 7.22. The van der Waals surface area contributed by atoms with Crippen molar-refractivity contribution in [2.75, 3.05) is 5.73 Å². The fraction of sp³-hybridized carbons (Fsp3) is 0.125. The van der Waals surface area contributed by atoms with E-state index in [0.29, 0.717) is 5.56 Å². The van der Waals surface area contributed by atoms with Crippen molar-refractivity contribution < 1.29 is 19.2 Å². The summed E-state index contributed by atoms with van der Waals surface area (Å²) in [5, 5.41) is 10.8. The van der Waals surface area contributed by atoms with Gasteiger partial charge in [0.05, 0.1) is 10.5 Å². The molecule has 7 nitrogen and oxygen atoms in total. The van der Waals surface area contributed by atoms with Gasteiger partial charge < -0.3 is 10.5 Å². The highest BCUT2D eigenvalue weighted by atomic mass is 79.9. The van der Waals surface area contributed by atoms with E-state index >= 15 is 0 Å². The molecule has 8 heteroatoms. The van der Waals surface area contributed by atoms with Crippen molar-refractivity contribution in [3.63, 3.8) is 0 Å². The summed E-state index contributed by atoms with van der Waals surface area (Å²) in [7, 11) is 0. The number of carbonyl (C=O) groups excluding carboxylic acids is 2. The van der Waals surface area contributed by atoms with Gasteiger partial charge in [0.2, 0.25) is 5.78 Å². The molecule has 0 saturated heterocycles. The molecule has 0 aliphatic rings. The van der Waals surface area contributed by atoms with Crippen LogP contribution in [-0.2, 0) is 4.74 Å². The number of esters is 1. The minimum Gasteiger partial charge on any atom is -0.451 e. The Hall–Kier alpha value is -2.74. The molecular weight excluding hydrogens is 380 g/mol. The first-order chi connectivity index (χ1) is 11.3. The number of rotatable bonds is 5. The Bertz CT molecular complexity index is 805. The van der Waals surface area contributed by atoms with Gasteiger partial charge in [0.1, 0.15) is 0 Å². The molecule has 0 unspecified atom stereocenters. The van der Waals surface area contributed by atoms with Crippen LogP contribution < -0.4 is 5.73 Å². The lowest BCUT2D eigenvalue weighted by molar-refractivity contribution is -0.384. The van der Waals surface area contributed by atoms with Crippen molar-refractivity contribution >= 4 is 39.1 Å². The molecule has 1 atom stereocenters. The number of ether oxygens (including phenoxy) is 1. The van der Waals surface area contributed by atoms with Gasteiger partial charge in [-0.15, -0.1) is 0 Å². The Balaban J connectivity index is 2.17. The van der Waals surface area contributed by atoms with Crippen LogP contribution >= 0.6 is 15.9 Å². The number of benzene rings is 2. The lowest BCUT2D eigenvalue weighted by atomic mass is 10.1. The van der Waals surface area contributed by atoms with Gasteiger partial charge in [0.25, 0.3) is 5.69 Å². The molecule has 0 radical (unpaired) electrons. The number of nitrogens with zero attached hydrogens (tertiary/aromatic N) is 1. The van der Waals surface area contributed by atoms with E-state index in [9.17, 15) is 19.7 Å². The van der Waals surface area contributed by atoms with Crippen LogP contribution in [0.2, 0.25) is 0 Å². The van der Waals surface area contributed by atoms with E-state index in [4.69, 9.17) is 10.5 Å². The topological polar surface area (TPSA) is 113 Å². The molecule has 0 aliphatic carbocycles. The maximum absolute atomic E-state index is 12.3. The first-order valence-electron chi connectivity index (χ1n) is 6.84. The molecular formula is C16H13BrN2O5. The molecule has 24 heavy (non-hydrogen) atoms. The zero-order valence-electron chi connectivity index (χ0n) is 12.6. The third-order valence-corrected chi connectivity index (χ3v) is 3.78. The highest BCUT2D eigenvalue weighted by Gasteiger charge is 2.23. The van der Waals surface area contributed by atoms with Gasteiger partial charge in [-0.1, -0.05) is 28.1 Å². The van der Waals surface area contributed by atoms with Gasteiger partial charge >= 0.3 is 5.97 Å². The normalized spacial score (nSPS) is 11.6. The largest absolute Gasteiger partial charge is 0.451 e. The van der Waals surface area contributed by atoms with Crippen LogP contribution in [-0.4, -0.2) is 22.8 Å². The molecule has 0 aliphatic heterocycles. The molecule has 0 saturated carbocycles. The van der Waals surface area contributed by atoms with E-state index in [0.717, 1.165) is 10.5 Å². The molecule has 0 aromatic heterocycles. The molecule has 0 amide bonds. The number of nitrogens with two attached hydrogens (primary N) is 1. The molecule has 2 N–H and O–H groups in total. The van der Waals surface area contributed by atoms with Crippen LogP contribution in [0.3, 0.4) is 0 Å². The molecule has 0 spiro atoms. The van der Waals surface area contributed by atoms with Crippen molar-refractivity contribution in [1.82, 2.24) is 0 Å². The first-order valence-corrected chi connectivity index (χ1v) is 7.63. The van der Waals surface area contributed by atoms with Crippen LogP contribution in [0.4, 0.5) is 11.4 Å². The predicted molar refractivity (Wildman–Crippen MR) is 90.9 cm³/mol. The minimum atomic E-state index is -1.06. The van der Waals surface area contributed by atoms with Gasteiger partial charge in [0, 0.05) is 27.9 Å². The van der Waals surface area contributed by atoms with Crippen LogP contribution in [0, 0.1) is 10.1 Å².